The van der Waals surface area contributed by atoms with Crippen molar-refractivity contribution in [2.75, 3.05) is 0 Å². The first kappa shape index (κ1) is 13.2. The average molecular weight is 306 g/mol. The van der Waals surface area contributed by atoms with Crippen LogP contribution < -0.4 is 16.1 Å². The zero-order valence-electron chi connectivity index (χ0n) is 11.8. The maximum absolute atomic E-state index is 12.5. The molecule has 1 aliphatic heterocycles. The van der Waals surface area contributed by atoms with E-state index in [9.17, 15) is 10.1 Å². The summed E-state index contributed by atoms with van der Waals surface area (Å²) < 4.78 is 16.4. The summed E-state index contributed by atoms with van der Waals surface area (Å²) in [7, 11) is 0. The van der Waals surface area contributed by atoms with Crippen molar-refractivity contribution in [2.45, 2.75) is 5.92 Å². The molecule has 3 aromatic rings. The Hall–Kier alpha value is -3.46. The molecule has 1 aromatic carbocycles. The molecule has 0 bridgehead atoms. The molecule has 3 heterocycles. The number of nitrogens with two attached hydrogens (primary N) is 1. The summed E-state index contributed by atoms with van der Waals surface area (Å²) in [5, 5.41) is 10.0. The lowest BCUT2D eigenvalue weighted by Gasteiger charge is -2.24. The lowest BCUT2D eigenvalue weighted by atomic mass is 9.87. The summed E-state index contributed by atoms with van der Waals surface area (Å²) in [6.45, 7) is 0. The van der Waals surface area contributed by atoms with Crippen molar-refractivity contribution in [1.82, 2.24) is 0 Å². The fourth-order valence-corrected chi connectivity index (χ4v) is 2.81. The summed E-state index contributed by atoms with van der Waals surface area (Å²) in [4.78, 5) is 12.5. The number of furan rings is 1. The van der Waals surface area contributed by atoms with Crippen LogP contribution in [0.15, 0.2) is 67.7 Å². The van der Waals surface area contributed by atoms with Gasteiger partial charge in [0, 0.05) is 0 Å². The van der Waals surface area contributed by atoms with E-state index >= 15 is 0 Å². The molecule has 0 saturated heterocycles. The fraction of sp³-hybridized carbons (Fsp3) is 0.0588. The van der Waals surface area contributed by atoms with E-state index in [0.29, 0.717) is 22.5 Å². The van der Waals surface area contributed by atoms with Crippen molar-refractivity contribution in [3.05, 3.63) is 75.9 Å². The Balaban J connectivity index is 2.11. The molecule has 0 saturated carbocycles. The molecule has 6 nitrogen and oxygen atoms in total. The molecule has 23 heavy (non-hydrogen) atoms. The molecule has 1 atom stereocenters. The van der Waals surface area contributed by atoms with Gasteiger partial charge in [-0.05, 0) is 24.3 Å². The summed E-state index contributed by atoms with van der Waals surface area (Å²) in [5.41, 5.74) is 6.04. The van der Waals surface area contributed by atoms with Gasteiger partial charge in [0.05, 0.1) is 23.1 Å². The number of nitrogens with zero attached hydrogens (tertiary/aromatic N) is 1. The van der Waals surface area contributed by atoms with Crippen LogP contribution in [0.1, 0.15) is 17.2 Å². The van der Waals surface area contributed by atoms with Gasteiger partial charge in [-0.1, -0.05) is 12.1 Å². The molecule has 6 heteroatoms. The van der Waals surface area contributed by atoms with Crippen molar-refractivity contribution in [3.63, 3.8) is 0 Å². The molecule has 0 radical (unpaired) electrons. The Labute approximate surface area is 130 Å². The summed E-state index contributed by atoms with van der Waals surface area (Å²) in [6, 6.07) is 12.3. The Kier molecular flexibility index (Phi) is 2.75. The third-order valence-corrected chi connectivity index (χ3v) is 3.80. The maximum Gasteiger partial charge on any atom is 0.344 e. The first-order chi connectivity index (χ1) is 11.2. The lowest BCUT2D eigenvalue weighted by Crippen LogP contribution is -2.26. The topological polar surface area (TPSA) is 102 Å². The number of hydrogen-bond acceptors (Lipinski definition) is 6. The predicted octanol–water partition coefficient (Wildman–Crippen LogP) is 2.60. The number of hydrogen-bond donors (Lipinski definition) is 1. The van der Waals surface area contributed by atoms with Gasteiger partial charge in [0.25, 0.3) is 0 Å². The van der Waals surface area contributed by atoms with E-state index in [1.807, 2.05) is 6.07 Å². The van der Waals surface area contributed by atoms with Crippen molar-refractivity contribution >= 4 is 11.0 Å². The van der Waals surface area contributed by atoms with Crippen LogP contribution in [-0.4, -0.2) is 0 Å². The number of nitriles is 1. The first-order valence-electron chi connectivity index (χ1n) is 6.87. The summed E-state index contributed by atoms with van der Waals surface area (Å²) in [6.07, 6.45) is 1.47. The molecule has 0 fully saturated rings. The number of para-hydroxylation sites is 1. The van der Waals surface area contributed by atoms with Crippen LogP contribution >= 0.6 is 0 Å². The molecule has 112 valence electrons. The standard InChI is InChI=1S/C17H10N2O4/c18-8-10-13(12-6-3-7-21-12)14-15(23-16(10)19)9-4-1-2-5-11(9)22-17(14)20/h1-7,13H,19H2. The second kappa shape index (κ2) is 4.78. The summed E-state index contributed by atoms with van der Waals surface area (Å²) in [5.74, 6) is -0.0665. The Morgan fingerprint density at radius 3 is 2.74 bits per heavy atom. The quantitative estimate of drug-likeness (QED) is 0.693. The third-order valence-electron chi connectivity index (χ3n) is 3.80. The molecule has 1 unspecified atom stereocenters. The van der Waals surface area contributed by atoms with E-state index in [2.05, 4.69) is 0 Å². The maximum atomic E-state index is 12.5. The van der Waals surface area contributed by atoms with E-state index in [1.165, 1.54) is 6.26 Å². The number of rotatable bonds is 1. The van der Waals surface area contributed by atoms with Crippen molar-refractivity contribution in [3.8, 4) is 11.8 Å². The van der Waals surface area contributed by atoms with Crippen molar-refractivity contribution < 1.29 is 13.6 Å². The Morgan fingerprint density at radius 2 is 2.00 bits per heavy atom. The van der Waals surface area contributed by atoms with Crippen LogP contribution in [0.3, 0.4) is 0 Å². The van der Waals surface area contributed by atoms with Crippen LogP contribution in [0, 0.1) is 11.3 Å². The Bertz CT molecular complexity index is 1040. The largest absolute Gasteiger partial charge is 0.468 e. The average Bonchev–Trinajstić information content (AvgIpc) is 3.08. The minimum absolute atomic E-state index is 0.0443. The highest BCUT2D eigenvalue weighted by Crippen LogP contribution is 2.43. The van der Waals surface area contributed by atoms with E-state index in [4.69, 9.17) is 19.3 Å². The Morgan fingerprint density at radius 1 is 1.17 bits per heavy atom. The van der Waals surface area contributed by atoms with Gasteiger partial charge in [0.15, 0.2) is 5.75 Å². The third kappa shape index (κ3) is 1.84. The van der Waals surface area contributed by atoms with Crippen LogP contribution in [-0.2, 0) is 0 Å². The van der Waals surface area contributed by atoms with E-state index < -0.39 is 11.5 Å². The minimum atomic E-state index is -0.750. The van der Waals surface area contributed by atoms with Gasteiger partial charge in [-0.2, -0.15) is 5.26 Å². The van der Waals surface area contributed by atoms with Crippen LogP contribution in [0.4, 0.5) is 0 Å². The smallest absolute Gasteiger partial charge is 0.344 e. The number of fused-ring (bicyclic) bond motifs is 3. The van der Waals surface area contributed by atoms with Gasteiger partial charge >= 0.3 is 5.63 Å². The van der Waals surface area contributed by atoms with E-state index in [-0.39, 0.29) is 17.0 Å². The van der Waals surface area contributed by atoms with Gasteiger partial charge < -0.3 is 19.3 Å². The molecule has 0 amide bonds. The molecule has 0 spiro atoms. The second-order valence-electron chi connectivity index (χ2n) is 5.07. The predicted molar refractivity (Wildman–Crippen MR) is 80.5 cm³/mol. The molecular formula is C17H10N2O4. The van der Waals surface area contributed by atoms with Crippen molar-refractivity contribution in [1.29, 1.82) is 5.26 Å². The normalized spacial score (nSPS) is 16.7. The van der Waals surface area contributed by atoms with E-state index in [0.717, 1.165) is 0 Å². The molecule has 2 N–H and O–H groups in total. The fourth-order valence-electron chi connectivity index (χ4n) is 2.81. The highest BCUT2D eigenvalue weighted by Gasteiger charge is 2.36. The zero-order valence-corrected chi connectivity index (χ0v) is 11.8. The highest BCUT2D eigenvalue weighted by atomic mass is 16.5. The van der Waals surface area contributed by atoms with Crippen molar-refractivity contribution in [2.24, 2.45) is 5.73 Å². The van der Waals surface area contributed by atoms with Crippen LogP contribution in [0.2, 0.25) is 0 Å². The highest BCUT2D eigenvalue weighted by molar-refractivity contribution is 5.85. The second-order valence-corrected chi connectivity index (χ2v) is 5.07. The van der Waals surface area contributed by atoms with Gasteiger partial charge in [-0.3, -0.25) is 0 Å². The molecular weight excluding hydrogens is 296 g/mol. The molecule has 4 rings (SSSR count). The monoisotopic (exact) mass is 306 g/mol. The van der Waals surface area contributed by atoms with Crippen LogP contribution in [0.25, 0.3) is 11.0 Å². The molecule has 2 aromatic heterocycles. The van der Waals surface area contributed by atoms with Crippen LogP contribution in [0.5, 0.6) is 5.75 Å². The van der Waals surface area contributed by atoms with Gasteiger partial charge in [-0.15, -0.1) is 0 Å². The molecule has 0 aliphatic carbocycles. The number of ether oxygens (including phenoxy) is 1. The van der Waals surface area contributed by atoms with Gasteiger partial charge in [-0.25, -0.2) is 4.79 Å². The number of benzene rings is 1. The van der Waals surface area contributed by atoms with Gasteiger partial charge in [0.1, 0.15) is 23.0 Å². The lowest BCUT2D eigenvalue weighted by molar-refractivity contribution is 0.377. The molecule has 1 aliphatic rings. The SMILES string of the molecule is N#CC1=C(N)Oc2c(c(=O)oc3ccccc23)C1c1ccco1. The number of allylic oxidation sites excluding steroid dienone is 1. The first-order valence-corrected chi connectivity index (χ1v) is 6.87. The zero-order chi connectivity index (χ0) is 16.0. The van der Waals surface area contributed by atoms with Gasteiger partial charge in [0.2, 0.25) is 5.88 Å². The minimum Gasteiger partial charge on any atom is -0.468 e. The summed E-state index contributed by atoms with van der Waals surface area (Å²) >= 11 is 0. The van der Waals surface area contributed by atoms with E-state index in [1.54, 1.807) is 36.4 Å².